The SMILES string of the molecule is Cc1nn(C)c(C)c1CNC(=O)N1CCC[C@@H]1C(=O)O. The number of carbonyl (C=O) groups excluding carboxylic acids is 1. The van der Waals surface area contributed by atoms with E-state index in [1.807, 2.05) is 20.9 Å². The summed E-state index contributed by atoms with van der Waals surface area (Å²) >= 11 is 0. The molecule has 1 fully saturated rings. The summed E-state index contributed by atoms with van der Waals surface area (Å²) in [6, 6.07) is -1.02. The monoisotopic (exact) mass is 280 g/mol. The number of hydrogen-bond acceptors (Lipinski definition) is 3. The van der Waals surface area contributed by atoms with Gasteiger partial charge in [-0.2, -0.15) is 5.10 Å². The van der Waals surface area contributed by atoms with Crippen LogP contribution in [-0.2, 0) is 18.4 Å². The standard InChI is InChI=1S/C13H20N4O3/c1-8-10(9(2)16(3)15-8)7-14-13(20)17-6-4-5-11(17)12(18)19/h11H,4-7H2,1-3H3,(H,14,20)(H,18,19)/t11-/m1/s1. The number of urea groups is 1. The fourth-order valence-corrected chi connectivity index (χ4v) is 2.61. The van der Waals surface area contributed by atoms with E-state index < -0.39 is 12.0 Å². The minimum atomic E-state index is -0.939. The summed E-state index contributed by atoms with van der Waals surface area (Å²) in [4.78, 5) is 24.5. The number of likely N-dealkylation sites (tertiary alicyclic amines) is 1. The molecule has 0 unspecified atom stereocenters. The molecule has 1 saturated heterocycles. The van der Waals surface area contributed by atoms with Crippen LogP contribution in [0.4, 0.5) is 4.79 Å². The summed E-state index contributed by atoms with van der Waals surface area (Å²) < 4.78 is 1.77. The molecule has 1 aliphatic heterocycles. The number of amides is 2. The zero-order chi connectivity index (χ0) is 14.9. The molecule has 7 nitrogen and oxygen atoms in total. The van der Waals surface area contributed by atoms with E-state index in [-0.39, 0.29) is 6.03 Å². The zero-order valence-corrected chi connectivity index (χ0v) is 12.0. The Morgan fingerprint density at radius 3 is 2.70 bits per heavy atom. The van der Waals surface area contributed by atoms with Crippen LogP contribution < -0.4 is 5.32 Å². The molecule has 2 N–H and O–H groups in total. The van der Waals surface area contributed by atoms with Crippen LogP contribution in [0.5, 0.6) is 0 Å². The van der Waals surface area contributed by atoms with Gasteiger partial charge < -0.3 is 15.3 Å². The van der Waals surface area contributed by atoms with Gasteiger partial charge in [-0.3, -0.25) is 4.68 Å². The van der Waals surface area contributed by atoms with Crippen molar-refractivity contribution in [2.75, 3.05) is 6.54 Å². The number of aliphatic carboxylic acids is 1. The fourth-order valence-electron chi connectivity index (χ4n) is 2.61. The Hall–Kier alpha value is -2.05. The second-order valence-corrected chi connectivity index (χ2v) is 5.12. The Morgan fingerprint density at radius 2 is 2.15 bits per heavy atom. The number of aromatic nitrogens is 2. The number of carboxylic acids is 1. The van der Waals surface area contributed by atoms with Crippen LogP contribution in [-0.4, -0.2) is 44.4 Å². The van der Waals surface area contributed by atoms with Crippen LogP contribution in [0.1, 0.15) is 29.8 Å². The molecule has 2 heterocycles. The molecule has 0 radical (unpaired) electrons. The molecule has 2 rings (SSSR count). The topological polar surface area (TPSA) is 87.5 Å². The molecule has 1 atom stereocenters. The first kappa shape index (κ1) is 14.4. The molecule has 0 spiro atoms. The number of carboxylic acid groups (broad SMARTS) is 1. The largest absolute Gasteiger partial charge is 0.480 e. The Balaban J connectivity index is 2.00. The number of hydrogen-bond donors (Lipinski definition) is 2. The smallest absolute Gasteiger partial charge is 0.326 e. The third kappa shape index (κ3) is 2.61. The average Bonchev–Trinajstić information content (AvgIpc) is 2.95. The summed E-state index contributed by atoms with van der Waals surface area (Å²) in [6.07, 6.45) is 1.25. The van der Waals surface area contributed by atoms with Crippen LogP contribution >= 0.6 is 0 Å². The van der Waals surface area contributed by atoms with Gasteiger partial charge in [-0.15, -0.1) is 0 Å². The highest BCUT2D eigenvalue weighted by Gasteiger charge is 2.33. The third-order valence-electron chi connectivity index (χ3n) is 3.87. The van der Waals surface area contributed by atoms with E-state index in [0.717, 1.165) is 23.4 Å². The summed E-state index contributed by atoms with van der Waals surface area (Å²) in [6.45, 7) is 4.70. The Kier molecular flexibility index (Phi) is 3.96. The lowest BCUT2D eigenvalue weighted by molar-refractivity contribution is -0.141. The van der Waals surface area contributed by atoms with Crippen LogP contribution in [0.2, 0.25) is 0 Å². The van der Waals surface area contributed by atoms with Crippen molar-refractivity contribution in [1.29, 1.82) is 0 Å². The Labute approximate surface area is 117 Å². The van der Waals surface area contributed by atoms with E-state index in [1.54, 1.807) is 4.68 Å². The first-order chi connectivity index (χ1) is 9.41. The predicted molar refractivity (Wildman–Crippen MR) is 72.3 cm³/mol. The molecule has 1 aromatic heterocycles. The summed E-state index contributed by atoms with van der Waals surface area (Å²) in [5.41, 5.74) is 2.85. The minimum absolute atomic E-state index is 0.322. The highest BCUT2D eigenvalue weighted by Crippen LogP contribution is 2.18. The Morgan fingerprint density at radius 1 is 1.45 bits per heavy atom. The van der Waals surface area contributed by atoms with Gasteiger partial charge in [-0.05, 0) is 26.7 Å². The van der Waals surface area contributed by atoms with E-state index >= 15 is 0 Å². The Bertz CT molecular complexity index is 538. The second kappa shape index (κ2) is 5.52. The highest BCUT2D eigenvalue weighted by molar-refractivity contribution is 5.83. The van der Waals surface area contributed by atoms with Crippen molar-refractivity contribution in [2.24, 2.45) is 7.05 Å². The number of nitrogens with zero attached hydrogens (tertiary/aromatic N) is 3. The lowest BCUT2D eigenvalue weighted by Gasteiger charge is -2.21. The maximum atomic E-state index is 12.1. The first-order valence-electron chi connectivity index (χ1n) is 6.68. The lowest BCUT2D eigenvalue weighted by Crippen LogP contribution is -2.45. The number of aryl methyl sites for hydroxylation is 2. The summed E-state index contributed by atoms with van der Waals surface area (Å²) in [5, 5.41) is 16.2. The quantitative estimate of drug-likeness (QED) is 0.857. The fraction of sp³-hybridized carbons (Fsp3) is 0.615. The average molecular weight is 280 g/mol. The minimum Gasteiger partial charge on any atom is -0.480 e. The van der Waals surface area contributed by atoms with Gasteiger partial charge in [0, 0.05) is 31.4 Å². The van der Waals surface area contributed by atoms with E-state index in [2.05, 4.69) is 10.4 Å². The van der Waals surface area contributed by atoms with Crippen molar-refractivity contribution in [3.8, 4) is 0 Å². The summed E-state index contributed by atoms with van der Waals surface area (Å²) in [7, 11) is 1.86. The molecule has 20 heavy (non-hydrogen) atoms. The molecule has 0 aromatic carbocycles. The van der Waals surface area contributed by atoms with E-state index in [9.17, 15) is 9.59 Å². The van der Waals surface area contributed by atoms with Crippen molar-refractivity contribution in [1.82, 2.24) is 20.0 Å². The van der Waals surface area contributed by atoms with Gasteiger partial charge in [-0.25, -0.2) is 9.59 Å². The van der Waals surface area contributed by atoms with Crippen molar-refractivity contribution >= 4 is 12.0 Å². The van der Waals surface area contributed by atoms with Crippen molar-refractivity contribution < 1.29 is 14.7 Å². The molecule has 110 valence electrons. The van der Waals surface area contributed by atoms with Gasteiger partial charge in [0.05, 0.1) is 5.69 Å². The molecular formula is C13H20N4O3. The molecule has 7 heteroatoms. The maximum absolute atomic E-state index is 12.1. The van der Waals surface area contributed by atoms with Gasteiger partial charge in [0.25, 0.3) is 0 Å². The van der Waals surface area contributed by atoms with Crippen LogP contribution in [0.3, 0.4) is 0 Å². The number of rotatable bonds is 3. The molecule has 0 saturated carbocycles. The number of nitrogens with one attached hydrogen (secondary N) is 1. The van der Waals surface area contributed by atoms with E-state index in [0.29, 0.717) is 19.5 Å². The van der Waals surface area contributed by atoms with E-state index in [1.165, 1.54) is 4.90 Å². The third-order valence-corrected chi connectivity index (χ3v) is 3.87. The van der Waals surface area contributed by atoms with Crippen molar-refractivity contribution in [3.63, 3.8) is 0 Å². The first-order valence-corrected chi connectivity index (χ1v) is 6.68. The van der Waals surface area contributed by atoms with Crippen LogP contribution in [0.15, 0.2) is 0 Å². The normalized spacial score (nSPS) is 18.4. The zero-order valence-electron chi connectivity index (χ0n) is 12.0. The van der Waals surface area contributed by atoms with Gasteiger partial charge in [0.2, 0.25) is 0 Å². The molecule has 1 aromatic rings. The van der Waals surface area contributed by atoms with Gasteiger partial charge in [0.15, 0.2) is 0 Å². The van der Waals surface area contributed by atoms with Crippen molar-refractivity contribution in [3.05, 3.63) is 17.0 Å². The van der Waals surface area contributed by atoms with Crippen LogP contribution in [0.25, 0.3) is 0 Å². The van der Waals surface area contributed by atoms with E-state index in [4.69, 9.17) is 5.11 Å². The lowest BCUT2D eigenvalue weighted by atomic mass is 10.2. The molecule has 0 aliphatic carbocycles. The molecule has 0 bridgehead atoms. The van der Waals surface area contributed by atoms with Crippen LogP contribution in [0, 0.1) is 13.8 Å². The van der Waals surface area contributed by atoms with Gasteiger partial charge in [0.1, 0.15) is 6.04 Å². The molecule has 1 aliphatic rings. The summed E-state index contributed by atoms with van der Waals surface area (Å²) in [5.74, 6) is -0.939. The van der Waals surface area contributed by atoms with Gasteiger partial charge in [-0.1, -0.05) is 0 Å². The number of carbonyl (C=O) groups is 2. The molecular weight excluding hydrogens is 260 g/mol. The highest BCUT2D eigenvalue weighted by atomic mass is 16.4. The predicted octanol–water partition coefficient (Wildman–Crippen LogP) is 0.796. The van der Waals surface area contributed by atoms with Gasteiger partial charge >= 0.3 is 12.0 Å². The second-order valence-electron chi connectivity index (χ2n) is 5.12. The molecule has 2 amide bonds. The van der Waals surface area contributed by atoms with Crippen molar-refractivity contribution in [2.45, 2.75) is 39.3 Å². The maximum Gasteiger partial charge on any atom is 0.326 e.